The van der Waals surface area contributed by atoms with Crippen LogP contribution in [0, 0.1) is 17.2 Å². The van der Waals surface area contributed by atoms with Gasteiger partial charge in [-0.25, -0.2) is 0 Å². The normalized spacial score (nSPS) is 20.1. The number of aliphatic imine (C=N–C) groups is 1. The summed E-state index contributed by atoms with van der Waals surface area (Å²) in [5.74, 6) is 0.775. The van der Waals surface area contributed by atoms with Crippen molar-refractivity contribution in [2.75, 3.05) is 13.1 Å². The molecule has 2 aromatic rings. The standard InChI is InChI=1S/C26H23F3N4O/c27-26(28,29)21-7-4-17(5-8-21)16-33-24(34)22-14-19(12-18-2-1-3-20(13-18)15-30)6-9-23(22)32-11-10-31-25(32)33/h1-5,7-8,13,19H,6,9-12,14,16H2. The Morgan fingerprint density at radius 1 is 1.12 bits per heavy atom. The van der Waals surface area contributed by atoms with Crippen molar-refractivity contribution in [2.45, 2.75) is 38.4 Å². The molecular weight excluding hydrogens is 441 g/mol. The molecule has 5 nitrogen and oxygen atoms in total. The first kappa shape index (κ1) is 22.2. The van der Waals surface area contributed by atoms with Gasteiger partial charge in [0.05, 0.1) is 30.3 Å². The molecule has 5 rings (SSSR count). The van der Waals surface area contributed by atoms with Crippen molar-refractivity contribution in [3.05, 3.63) is 82.1 Å². The van der Waals surface area contributed by atoms with E-state index in [4.69, 9.17) is 5.26 Å². The molecule has 0 saturated carbocycles. The van der Waals surface area contributed by atoms with Crippen LogP contribution in [-0.4, -0.2) is 34.8 Å². The second-order valence-electron chi connectivity index (χ2n) is 8.97. The molecule has 34 heavy (non-hydrogen) atoms. The van der Waals surface area contributed by atoms with Gasteiger partial charge in [-0.15, -0.1) is 0 Å². The third kappa shape index (κ3) is 4.18. The van der Waals surface area contributed by atoms with E-state index in [-0.39, 0.29) is 18.4 Å². The van der Waals surface area contributed by atoms with Gasteiger partial charge in [0, 0.05) is 17.8 Å². The number of benzene rings is 2. The number of guanidine groups is 1. The van der Waals surface area contributed by atoms with Crippen molar-refractivity contribution in [3.8, 4) is 6.07 Å². The fourth-order valence-electron chi connectivity index (χ4n) is 5.08. The predicted molar refractivity (Wildman–Crippen MR) is 120 cm³/mol. The quantitative estimate of drug-likeness (QED) is 0.648. The zero-order chi connectivity index (χ0) is 23.9. The van der Waals surface area contributed by atoms with E-state index in [0.29, 0.717) is 36.6 Å². The molecule has 0 N–H and O–H groups in total. The average Bonchev–Trinajstić information content (AvgIpc) is 3.31. The molecule has 1 aliphatic carbocycles. The topological polar surface area (TPSA) is 59.7 Å². The van der Waals surface area contributed by atoms with E-state index in [0.717, 1.165) is 48.2 Å². The molecule has 3 aliphatic rings. The Kier molecular flexibility index (Phi) is 5.64. The van der Waals surface area contributed by atoms with E-state index in [1.165, 1.54) is 12.1 Å². The minimum absolute atomic E-state index is 0.109. The van der Waals surface area contributed by atoms with E-state index in [9.17, 15) is 18.0 Å². The Bertz CT molecular complexity index is 1220. The molecular formula is C26H23F3N4O. The number of nitrogens with zero attached hydrogens (tertiary/aromatic N) is 4. The molecule has 0 radical (unpaired) electrons. The third-order valence-electron chi connectivity index (χ3n) is 6.72. The van der Waals surface area contributed by atoms with Crippen LogP contribution in [0.5, 0.6) is 0 Å². The minimum atomic E-state index is -4.39. The molecule has 2 heterocycles. The molecule has 0 fully saturated rings. The summed E-state index contributed by atoms with van der Waals surface area (Å²) < 4.78 is 38.8. The fraction of sp³-hybridized carbons (Fsp3) is 0.346. The SMILES string of the molecule is N#Cc1cccc(CC2CCC3=C(C2)C(=O)N(Cc2ccc(C(F)(F)F)cc2)C2=NCCN23)c1. The first-order valence-electron chi connectivity index (χ1n) is 11.3. The first-order valence-corrected chi connectivity index (χ1v) is 11.3. The van der Waals surface area contributed by atoms with E-state index >= 15 is 0 Å². The summed E-state index contributed by atoms with van der Waals surface area (Å²) in [6.07, 6.45) is -1.23. The van der Waals surface area contributed by atoms with Gasteiger partial charge in [0.25, 0.3) is 5.91 Å². The summed E-state index contributed by atoms with van der Waals surface area (Å²) in [5, 5.41) is 9.17. The van der Waals surface area contributed by atoms with Crippen molar-refractivity contribution in [3.63, 3.8) is 0 Å². The number of allylic oxidation sites excluding steroid dienone is 1. The summed E-state index contributed by atoms with van der Waals surface area (Å²) in [6.45, 7) is 1.48. The second kappa shape index (κ2) is 8.64. The lowest BCUT2D eigenvalue weighted by atomic mass is 9.81. The second-order valence-corrected chi connectivity index (χ2v) is 8.97. The maximum absolute atomic E-state index is 13.6. The van der Waals surface area contributed by atoms with Gasteiger partial charge in [-0.1, -0.05) is 24.3 Å². The van der Waals surface area contributed by atoms with Gasteiger partial charge in [0.1, 0.15) is 0 Å². The van der Waals surface area contributed by atoms with Crippen molar-refractivity contribution in [1.82, 2.24) is 9.80 Å². The van der Waals surface area contributed by atoms with E-state index in [2.05, 4.69) is 16.0 Å². The van der Waals surface area contributed by atoms with Crippen LogP contribution in [0.25, 0.3) is 0 Å². The minimum Gasteiger partial charge on any atom is -0.314 e. The van der Waals surface area contributed by atoms with Gasteiger partial charge in [-0.2, -0.15) is 18.4 Å². The number of carbonyl (C=O) groups is 1. The molecule has 0 bridgehead atoms. The van der Waals surface area contributed by atoms with Crippen molar-refractivity contribution in [2.24, 2.45) is 10.9 Å². The van der Waals surface area contributed by atoms with E-state index in [1.54, 1.807) is 11.0 Å². The molecule has 0 aromatic heterocycles. The lowest BCUT2D eigenvalue weighted by molar-refractivity contribution is -0.137. The van der Waals surface area contributed by atoms with Gasteiger partial charge in [-0.05, 0) is 67.0 Å². The molecule has 1 atom stereocenters. The summed E-state index contributed by atoms with van der Waals surface area (Å²) >= 11 is 0. The van der Waals surface area contributed by atoms with Crippen LogP contribution >= 0.6 is 0 Å². The molecule has 0 saturated heterocycles. The van der Waals surface area contributed by atoms with E-state index in [1.807, 2.05) is 18.2 Å². The van der Waals surface area contributed by atoms with Gasteiger partial charge < -0.3 is 4.90 Å². The van der Waals surface area contributed by atoms with Crippen molar-refractivity contribution >= 4 is 11.9 Å². The Morgan fingerprint density at radius 2 is 1.91 bits per heavy atom. The van der Waals surface area contributed by atoms with Gasteiger partial charge in [-0.3, -0.25) is 14.7 Å². The fourth-order valence-corrected chi connectivity index (χ4v) is 5.08. The zero-order valence-electron chi connectivity index (χ0n) is 18.5. The Labute approximate surface area is 195 Å². The Hall–Kier alpha value is -3.60. The maximum atomic E-state index is 13.6. The molecule has 2 aromatic carbocycles. The highest BCUT2D eigenvalue weighted by Crippen LogP contribution is 2.39. The van der Waals surface area contributed by atoms with Crippen LogP contribution in [0.15, 0.2) is 64.8 Å². The molecule has 1 amide bonds. The van der Waals surface area contributed by atoms with Crippen LogP contribution < -0.4 is 0 Å². The summed E-state index contributed by atoms with van der Waals surface area (Å²) in [7, 11) is 0. The smallest absolute Gasteiger partial charge is 0.314 e. The van der Waals surface area contributed by atoms with Gasteiger partial charge >= 0.3 is 6.18 Å². The number of alkyl halides is 3. The number of rotatable bonds is 4. The number of carbonyl (C=O) groups excluding carboxylic acids is 1. The first-order chi connectivity index (χ1) is 16.3. The summed E-state index contributed by atoms with van der Waals surface area (Å²) in [6, 6.07) is 14.7. The Morgan fingerprint density at radius 3 is 2.65 bits per heavy atom. The zero-order valence-corrected chi connectivity index (χ0v) is 18.5. The average molecular weight is 464 g/mol. The highest BCUT2D eigenvalue weighted by atomic mass is 19.4. The molecule has 2 aliphatic heterocycles. The number of amides is 1. The van der Waals surface area contributed by atoms with Crippen molar-refractivity contribution < 1.29 is 18.0 Å². The van der Waals surface area contributed by atoms with Crippen LogP contribution in [-0.2, 0) is 23.9 Å². The number of nitriles is 1. The van der Waals surface area contributed by atoms with Gasteiger partial charge in [0.2, 0.25) is 5.96 Å². The van der Waals surface area contributed by atoms with E-state index < -0.39 is 11.7 Å². The molecule has 0 spiro atoms. The number of halogens is 3. The largest absolute Gasteiger partial charge is 0.416 e. The third-order valence-corrected chi connectivity index (χ3v) is 6.72. The van der Waals surface area contributed by atoms with Gasteiger partial charge in [0.15, 0.2) is 0 Å². The highest BCUT2D eigenvalue weighted by molar-refractivity contribution is 6.09. The summed E-state index contributed by atoms with van der Waals surface area (Å²) in [5.41, 5.74) is 3.44. The molecule has 1 unspecified atom stereocenters. The Balaban J connectivity index is 1.37. The number of hydrogen-bond acceptors (Lipinski definition) is 4. The molecule has 174 valence electrons. The number of fused-ring (bicyclic) bond motifs is 2. The monoisotopic (exact) mass is 464 g/mol. The number of hydrogen-bond donors (Lipinski definition) is 0. The van der Waals surface area contributed by atoms with Crippen LogP contribution in [0.2, 0.25) is 0 Å². The van der Waals surface area contributed by atoms with Crippen molar-refractivity contribution in [1.29, 1.82) is 5.26 Å². The molecule has 8 heteroatoms. The van der Waals surface area contributed by atoms with Crippen LogP contribution in [0.4, 0.5) is 13.2 Å². The predicted octanol–water partition coefficient (Wildman–Crippen LogP) is 4.89. The lowest BCUT2D eigenvalue weighted by Crippen LogP contribution is -2.51. The summed E-state index contributed by atoms with van der Waals surface area (Å²) in [4.78, 5) is 21.8. The lowest BCUT2D eigenvalue weighted by Gasteiger charge is -2.41. The maximum Gasteiger partial charge on any atom is 0.416 e. The highest BCUT2D eigenvalue weighted by Gasteiger charge is 2.41. The van der Waals surface area contributed by atoms with Crippen LogP contribution in [0.3, 0.4) is 0 Å². The van der Waals surface area contributed by atoms with Crippen LogP contribution in [0.1, 0.15) is 41.5 Å².